The summed E-state index contributed by atoms with van der Waals surface area (Å²) < 4.78 is 66.4. The topological polar surface area (TPSA) is 179 Å². The number of ether oxygens (including phenoxy) is 12. The van der Waals surface area contributed by atoms with E-state index in [-0.39, 0.29) is 102 Å². The van der Waals surface area contributed by atoms with Crippen LogP contribution in [0.4, 0.5) is 0 Å². The van der Waals surface area contributed by atoms with Crippen molar-refractivity contribution in [2.45, 2.75) is 0 Å². The predicted molar refractivity (Wildman–Crippen MR) is 201 cm³/mol. The SMILES string of the molecule is COc1cc(C(=O)C(=O)c2cc(-c3cc(C(=O)C(=O)c4cc(OC)c(OC)c(OC)c4)c(OC)c(OC)c3OC)c(OC)c(OC)c2OC)cc(OC)c1OC. The van der Waals surface area contributed by atoms with Gasteiger partial charge in [-0.2, -0.15) is 0 Å². The maximum Gasteiger partial charge on any atom is 0.237 e. The molecule has 0 spiro atoms. The Labute approximate surface area is 322 Å². The minimum absolute atomic E-state index is 0.000933. The fourth-order valence-electron chi connectivity index (χ4n) is 6.10. The van der Waals surface area contributed by atoms with Crippen molar-refractivity contribution in [3.63, 3.8) is 0 Å². The van der Waals surface area contributed by atoms with Gasteiger partial charge in [0, 0.05) is 22.3 Å². The second kappa shape index (κ2) is 18.0. The van der Waals surface area contributed by atoms with Crippen LogP contribution in [0.3, 0.4) is 0 Å². The number of Topliss-reactive ketones (excluding diaryl/α,β-unsaturated/α-hetero) is 4. The zero-order valence-electron chi connectivity index (χ0n) is 33.0. The van der Waals surface area contributed by atoms with E-state index in [0.717, 1.165) is 0 Å². The van der Waals surface area contributed by atoms with E-state index < -0.39 is 23.1 Å². The number of methoxy groups -OCH3 is 12. The van der Waals surface area contributed by atoms with Gasteiger partial charge in [0.05, 0.1) is 96.4 Å². The molecule has 0 saturated heterocycles. The van der Waals surface area contributed by atoms with Gasteiger partial charge in [0.15, 0.2) is 46.0 Å². The number of rotatable bonds is 19. The van der Waals surface area contributed by atoms with Crippen LogP contribution in [0, 0.1) is 0 Å². The molecule has 16 heteroatoms. The molecule has 0 radical (unpaired) electrons. The van der Waals surface area contributed by atoms with Gasteiger partial charge >= 0.3 is 0 Å². The molecule has 56 heavy (non-hydrogen) atoms. The minimum Gasteiger partial charge on any atom is -0.493 e. The number of hydrogen-bond donors (Lipinski definition) is 0. The second-order valence-electron chi connectivity index (χ2n) is 11.3. The Morgan fingerprint density at radius 1 is 0.286 bits per heavy atom. The van der Waals surface area contributed by atoms with Gasteiger partial charge in [0.1, 0.15) is 0 Å². The number of hydrogen-bond acceptors (Lipinski definition) is 16. The second-order valence-corrected chi connectivity index (χ2v) is 11.3. The number of carbonyl (C=O) groups excluding carboxylic acids is 4. The van der Waals surface area contributed by atoms with E-state index in [4.69, 9.17) is 56.8 Å². The Morgan fingerprint density at radius 3 is 0.750 bits per heavy atom. The molecule has 16 nitrogen and oxygen atoms in total. The van der Waals surface area contributed by atoms with Crippen LogP contribution >= 0.6 is 0 Å². The van der Waals surface area contributed by atoms with Crippen LogP contribution in [0.25, 0.3) is 11.1 Å². The van der Waals surface area contributed by atoms with Crippen molar-refractivity contribution in [2.75, 3.05) is 85.3 Å². The zero-order chi connectivity index (χ0) is 41.4. The molecule has 0 amide bonds. The van der Waals surface area contributed by atoms with Gasteiger partial charge in [-0.3, -0.25) is 19.2 Å². The van der Waals surface area contributed by atoms with Crippen molar-refractivity contribution in [2.24, 2.45) is 0 Å². The van der Waals surface area contributed by atoms with Crippen LogP contribution in [0.5, 0.6) is 69.0 Å². The van der Waals surface area contributed by atoms with Crippen molar-refractivity contribution >= 4 is 23.1 Å². The zero-order valence-corrected chi connectivity index (χ0v) is 33.0. The van der Waals surface area contributed by atoms with Crippen molar-refractivity contribution in [1.29, 1.82) is 0 Å². The summed E-state index contributed by atoms with van der Waals surface area (Å²) in [4.78, 5) is 56.4. The highest BCUT2D eigenvalue weighted by molar-refractivity contribution is 6.51. The van der Waals surface area contributed by atoms with E-state index in [9.17, 15) is 19.2 Å². The van der Waals surface area contributed by atoms with E-state index in [1.165, 1.54) is 122 Å². The molecule has 0 aliphatic carbocycles. The Balaban J connectivity index is 2.04. The normalized spacial score (nSPS) is 10.4. The quantitative estimate of drug-likeness (QED) is 0.0849. The number of carbonyl (C=O) groups is 4. The first-order valence-corrected chi connectivity index (χ1v) is 16.4. The summed E-state index contributed by atoms with van der Waals surface area (Å²) in [5, 5.41) is 0. The Hall–Kier alpha value is -6.84. The molecule has 0 N–H and O–H groups in total. The highest BCUT2D eigenvalue weighted by Gasteiger charge is 2.35. The van der Waals surface area contributed by atoms with Gasteiger partial charge < -0.3 is 56.8 Å². The summed E-state index contributed by atoms with van der Waals surface area (Å²) in [6, 6.07) is 7.92. The highest BCUT2D eigenvalue weighted by Crippen LogP contribution is 2.54. The third-order valence-electron chi connectivity index (χ3n) is 8.65. The molecule has 0 saturated carbocycles. The minimum atomic E-state index is -1.04. The molecule has 0 bridgehead atoms. The summed E-state index contributed by atoms with van der Waals surface area (Å²) in [6.07, 6.45) is 0. The Morgan fingerprint density at radius 2 is 0.536 bits per heavy atom. The lowest BCUT2D eigenvalue weighted by atomic mass is 9.91. The summed E-state index contributed by atoms with van der Waals surface area (Å²) in [5.74, 6) is -3.55. The maximum atomic E-state index is 14.2. The van der Waals surface area contributed by atoms with Crippen LogP contribution in [-0.4, -0.2) is 108 Å². The van der Waals surface area contributed by atoms with Gasteiger partial charge in [0.2, 0.25) is 46.1 Å². The average molecular weight is 779 g/mol. The fraction of sp³-hybridized carbons (Fsp3) is 0.300. The molecular formula is C40H42O16. The Bertz CT molecular complexity index is 1970. The van der Waals surface area contributed by atoms with E-state index in [1.807, 2.05) is 0 Å². The molecule has 4 aromatic carbocycles. The van der Waals surface area contributed by atoms with Crippen LogP contribution < -0.4 is 56.8 Å². The molecule has 0 aliphatic heterocycles. The predicted octanol–water partition coefficient (Wildman–Crippen LogP) is 5.59. The largest absolute Gasteiger partial charge is 0.493 e. The molecular weight excluding hydrogens is 736 g/mol. The molecule has 0 atom stereocenters. The summed E-state index contributed by atoms with van der Waals surface area (Å²) in [5.41, 5.74) is -0.583. The van der Waals surface area contributed by atoms with Crippen molar-refractivity contribution in [3.8, 4) is 80.1 Å². The first-order valence-electron chi connectivity index (χ1n) is 16.4. The van der Waals surface area contributed by atoms with Gasteiger partial charge in [-0.15, -0.1) is 0 Å². The van der Waals surface area contributed by atoms with Crippen LogP contribution in [0.1, 0.15) is 41.4 Å². The van der Waals surface area contributed by atoms with Gasteiger partial charge in [-0.1, -0.05) is 0 Å². The van der Waals surface area contributed by atoms with Gasteiger partial charge in [-0.05, 0) is 36.4 Å². The van der Waals surface area contributed by atoms with Crippen molar-refractivity contribution < 1.29 is 76.0 Å². The van der Waals surface area contributed by atoms with Crippen LogP contribution in [0.15, 0.2) is 36.4 Å². The standard InChI is InChI=1S/C40H42O16/c1-45-25-13-19(14-26(46-2)37(25)53-9)29(41)31(43)23-17-21(33(49-5)39(55-11)35(23)51-7)22-18-24(36(52-8)40(56-12)34(22)50-6)32(44)30(42)20-15-27(47-3)38(54-10)28(16-20)48-4/h13-18H,1-12H3. The number of ketones is 4. The lowest BCUT2D eigenvalue weighted by Crippen LogP contribution is -2.18. The molecule has 298 valence electrons. The van der Waals surface area contributed by atoms with Crippen LogP contribution in [-0.2, 0) is 0 Å². The monoisotopic (exact) mass is 778 g/mol. The third kappa shape index (κ3) is 7.32. The Kier molecular flexibility index (Phi) is 13.5. The molecule has 4 rings (SSSR count). The first kappa shape index (κ1) is 41.9. The van der Waals surface area contributed by atoms with E-state index in [1.54, 1.807) is 0 Å². The van der Waals surface area contributed by atoms with Crippen LogP contribution in [0.2, 0.25) is 0 Å². The summed E-state index contributed by atoms with van der Waals surface area (Å²) in [6.45, 7) is 0. The summed E-state index contributed by atoms with van der Waals surface area (Å²) in [7, 11) is 16.1. The van der Waals surface area contributed by atoms with E-state index >= 15 is 0 Å². The highest BCUT2D eigenvalue weighted by atomic mass is 16.6. The van der Waals surface area contributed by atoms with Gasteiger partial charge in [-0.25, -0.2) is 0 Å². The molecule has 0 aliphatic rings. The average Bonchev–Trinajstić information content (AvgIpc) is 3.24. The van der Waals surface area contributed by atoms with Gasteiger partial charge in [0.25, 0.3) is 0 Å². The smallest absolute Gasteiger partial charge is 0.237 e. The molecule has 4 aromatic rings. The molecule has 0 aromatic heterocycles. The molecule has 0 fully saturated rings. The molecule has 0 heterocycles. The van der Waals surface area contributed by atoms with Crippen molar-refractivity contribution in [1.82, 2.24) is 0 Å². The maximum absolute atomic E-state index is 14.2. The van der Waals surface area contributed by atoms with E-state index in [2.05, 4.69) is 0 Å². The molecule has 0 unspecified atom stereocenters. The first-order chi connectivity index (χ1) is 26.9. The fourth-order valence-corrected chi connectivity index (χ4v) is 6.10. The van der Waals surface area contributed by atoms with Crippen molar-refractivity contribution in [3.05, 3.63) is 58.7 Å². The lowest BCUT2D eigenvalue weighted by Gasteiger charge is -2.22. The number of benzene rings is 4. The lowest BCUT2D eigenvalue weighted by molar-refractivity contribution is 0.0814. The third-order valence-corrected chi connectivity index (χ3v) is 8.65. The summed E-state index contributed by atoms with van der Waals surface area (Å²) >= 11 is 0. The van der Waals surface area contributed by atoms with E-state index in [0.29, 0.717) is 0 Å².